The van der Waals surface area contributed by atoms with E-state index in [0.29, 0.717) is 10.9 Å². The molecule has 2 aliphatic rings. The van der Waals surface area contributed by atoms with Gasteiger partial charge in [0, 0.05) is 16.6 Å². The second-order valence-corrected chi connectivity index (χ2v) is 10.7. The van der Waals surface area contributed by atoms with Gasteiger partial charge in [0.25, 0.3) is 0 Å². The normalized spacial score (nSPS) is 21.7. The lowest BCUT2D eigenvalue weighted by atomic mass is 10.1. The van der Waals surface area contributed by atoms with Crippen LogP contribution in [-0.2, 0) is 21.1 Å². The minimum Gasteiger partial charge on any atom is -0.325 e. The molecule has 4 rings (SSSR count). The van der Waals surface area contributed by atoms with Gasteiger partial charge in [-0.05, 0) is 48.4 Å². The van der Waals surface area contributed by atoms with Crippen LogP contribution in [0.5, 0.6) is 0 Å². The molecule has 158 valence electrons. The number of amides is 1. The second-order valence-electron chi connectivity index (χ2n) is 7.37. The molecule has 1 fully saturated rings. The number of carbonyl (C=O) groups is 1. The summed E-state index contributed by atoms with van der Waals surface area (Å²) in [6, 6.07) is 13.2. The van der Waals surface area contributed by atoms with Crippen LogP contribution in [0.3, 0.4) is 0 Å². The Bertz CT molecular complexity index is 1070. The molecule has 0 aromatic heterocycles. The fourth-order valence-corrected chi connectivity index (χ4v) is 7.31. The van der Waals surface area contributed by atoms with Gasteiger partial charge in [0.2, 0.25) is 5.91 Å². The Morgan fingerprint density at radius 2 is 1.87 bits per heavy atom. The monoisotopic (exact) mass is 447 g/mol. The van der Waals surface area contributed by atoms with Gasteiger partial charge in [0.05, 0.1) is 17.5 Å². The van der Waals surface area contributed by atoms with Crippen molar-refractivity contribution in [2.24, 2.45) is 4.99 Å². The summed E-state index contributed by atoms with van der Waals surface area (Å²) < 4.78 is 36.9. The summed E-state index contributed by atoms with van der Waals surface area (Å²) >= 11 is 1.41. The number of rotatable bonds is 5. The molecule has 2 aliphatic heterocycles. The average molecular weight is 448 g/mol. The summed E-state index contributed by atoms with van der Waals surface area (Å²) in [5.74, 6) is -0.476. The van der Waals surface area contributed by atoms with Gasteiger partial charge in [0.1, 0.15) is 12.4 Å². The number of halogens is 1. The zero-order valence-corrected chi connectivity index (χ0v) is 18.0. The number of aliphatic imine (C=N–C) groups is 1. The predicted molar refractivity (Wildman–Crippen MR) is 119 cm³/mol. The van der Waals surface area contributed by atoms with Crippen molar-refractivity contribution in [3.05, 3.63) is 59.9 Å². The quantitative estimate of drug-likeness (QED) is 0.762. The maximum Gasteiger partial charge on any atom is 0.244 e. The highest BCUT2D eigenvalue weighted by molar-refractivity contribution is 8.15. The van der Waals surface area contributed by atoms with Crippen molar-refractivity contribution in [3.8, 4) is 0 Å². The Morgan fingerprint density at radius 1 is 1.17 bits per heavy atom. The molecule has 2 aromatic rings. The molecule has 9 heteroatoms. The smallest absolute Gasteiger partial charge is 0.244 e. The van der Waals surface area contributed by atoms with Crippen molar-refractivity contribution in [1.82, 2.24) is 0 Å². The van der Waals surface area contributed by atoms with E-state index in [0.717, 1.165) is 12.1 Å². The highest BCUT2D eigenvalue weighted by Crippen LogP contribution is 2.36. The van der Waals surface area contributed by atoms with Crippen molar-refractivity contribution in [3.63, 3.8) is 0 Å². The first-order valence-electron chi connectivity index (χ1n) is 9.70. The van der Waals surface area contributed by atoms with E-state index in [-0.39, 0.29) is 41.1 Å². The van der Waals surface area contributed by atoms with Crippen molar-refractivity contribution >= 4 is 44.0 Å². The summed E-state index contributed by atoms with van der Waals surface area (Å²) in [4.78, 5) is 19.2. The van der Waals surface area contributed by atoms with Crippen LogP contribution in [-0.4, -0.2) is 48.8 Å². The van der Waals surface area contributed by atoms with Crippen LogP contribution in [0.15, 0.2) is 53.5 Å². The first-order valence-corrected chi connectivity index (χ1v) is 12.4. The zero-order chi connectivity index (χ0) is 21.3. The lowest BCUT2D eigenvalue weighted by molar-refractivity contribution is -0.114. The van der Waals surface area contributed by atoms with E-state index in [1.807, 2.05) is 29.2 Å². The Morgan fingerprint density at radius 3 is 2.50 bits per heavy atom. The molecule has 0 saturated carbocycles. The molecule has 6 nitrogen and oxygen atoms in total. The third kappa shape index (κ3) is 4.67. The average Bonchev–Trinajstić information content (AvgIpc) is 3.21. The minimum atomic E-state index is -3.05. The summed E-state index contributed by atoms with van der Waals surface area (Å²) in [7, 11) is -3.05. The molecule has 2 heterocycles. The predicted octanol–water partition coefficient (Wildman–Crippen LogP) is 3.10. The third-order valence-electron chi connectivity index (χ3n) is 5.12. The topological polar surface area (TPSA) is 78.8 Å². The van der Waals surface area contributed by atoms with Crippen LogP contribution in [0.25, 0.3) is 0 Å². The molecule has 0 radical (unpaired) electrons. The number of hydrogen-bond acceptors (Lipinski definition) is 6. The molecule has 0 bridgehead atoms. The molecule has 0 aliphatic carbocycles. The fourth-order valence-electron chi connectivity index (χ4n) is 3.53. The number of amidine groups is 1. The number of sulfone groups is 1. The molecule has 2 atom stereocenters. The molecule has 30 heavy (non-hydrogen) atoms. The van der Waals surface area contributed by atoms with Gasteiger partial charge in [-0.3, -0.25) is 9.79 Å². The number of nitrogens with zero attached hydrogens (tertiary/aromatic N) is 2. The van der Waals surface area contributed by atoms with Gasteiger partial charge in [-0.25, -0.2) is 12.8 Å². The Balaban J connectivity index is 1.56. The van der Waals surface area contributed by atoms with Crippen LogP contribution in [0.2, 0.25) is 0 Å². The molecule has 1 N–H and O–H groups in total. The van der Waals surface area contributed by atoms with E-state index in [4.69, 9.17) is 0 Å². The van der Waals surface area contributed by atoms with Gasteiger partial charge in [-0.15, -0.1) is 0 Å². The Labute approximate surface area is 179 Å². The number of benzene rings is 2. The SMILES string of the molecule is CCc1ccc(N(CC(=O)Nc2ccc(F)cc2)C2=N[C@H]3CS(=O)(=O)C[C@H]3S2)cc1. The van der Waals surface area contributed by atoms with Crippen molar-refractivity contribution in [2.45, 2.75) is 24.6 Å². The highest BCUT2D eigenvalue weighted by Gasteiger charge is 2.44. The number of nitrogens with one attached hydrogen (secondary N) is 1. The van der Waals surface area contributed by atoms with Crippen molar-refractivity contribution in [1.29, 1.82) is 0 Å². The number of fused-ring (bicyclic) bond motifs is 1. The zero-order valence-electron chi connectivity index (χ0n) is 16.4. The van der Waals surface area contributed by atoms with E-state index in [1.165, 1.54) is 41.6 Å². The molecular weight excluding hydrogens is 425 g/mol. The summed E-state index contributed by atoms with van der Waals surface area (Å²) in [5, 5.41) is 3.31. The van der Waals surface area contributed by atoms with E-state index >= 15 is 0 Å². The Hall–Kier alpha value is -2.39. The van der Waals surface area contributed by atoms with Crippen LogP contribution < -0.4 is 10.2 Å². The highest BCUT2D eigenvalue weighted by atomic mass is 32.2. The van der Waals surface area contributed by atoms with Gasteiger partial charge in [-0.1, -0.05) is 30.8 Å². The number of thioether (sulfide) groups is 1. The number of carbonyl (C=O) groups excluding carboxylic acids is 1. The molecular formula is C21H22FN3O3S2. The van der Waals surface area contributed by atoms with Gasteiger partial charge < -0.3 is 10.2 Å². The molecule has 0 unspecified atom stereocenters. The van der Waals surface area contributed by atoms with Gasteiger partial charge in [-0.2, -0.15) is 0 Å². The van der Waals surface area contributed by atoms with Gasteiger partial charge >= 0.3 is 0 Å². The van der Waals surface area contributed by atoms with E-state index in [1.54, 1.807) is 0 Å². The lowest BCUT2D eigenvalue weighted by Gasteiger charge is -2.24. The second kappa shape index (κ2) is 8.39. The third-order valence-corrected chi connectivity index (χ3v) is 8.37. The van der Waals surface area contributed by atoms with Crippen LogP contribution >= 0.6 is 11.8 Å². The molecule has 1 saturated heterocycles. The molecule has 1 amide bonds. The van der Waals surface area contributed by atoms with Crippen LogP contribution in [0, 0.1) is 5.82 Å². The largest absolute Gasteiger partial charge is 0.325 e. The van der Waals surface area contributed by atoms with Crippen LogP contribution in [0.4, 0.5) is 15.8 Å². The number of anilines is 2. The lowest BCUT2D eigenvalue weighted by Crippen LogP contribution is -2.36. The maximum atomic E-state index is 13.1. The summed E-state index contributed by atoms with van der Waals surface area (Å²) in [6.45, 7) is 2.09. The first kappa shape index (κ1) is 20.9. The van der Waals surface area contributed by atoms with Crippen molar-refractivity contribution < 1.29 is 17.6 Å². The maximum absolute atomic E-state index is 13.1. The first-order chi connectivity index (χ1) is 14.3. The number of aryl methyl sites for hydroxylation is 1. The standard InChI is InChI=1S/C21H22FN3O3S2/c1-2-14-3-9-17(10-4-14)25(11-20(26)23-16-7-5-15(22)6-8-16)21-24-18-12-30(27,28)13-19(18)29-21/h3-10,18-19H,2,11-13H2,1H3,(H,23,26)/t18-,19+/m0/s1. The van der Waals surface area contributed by atoms with E-state index in [2.05, 4.69) is 17.2 Å². The van der Waals surface area contributed by atoms with Gasteiger partial charge in [0.15, 0.2) is 15.0 Å². The Kier molecular flexibility index (Phi) is 5.84. The summed E-state index contributed by atoms with van der Waals surface area (Å²) in [6.07, 6.45) is 0.906. The van der Waals surface area contributed by atoms with E-state index in [9.17, 15) is 17.6 Å². The fraction of sp³-hybridized carbons (Fsp3) is 0.333. The molecule has 0 spiro atoms. The number of hydrogen-bond donors (Lipinski definition) is 1. The molecule has 2 aromatic carbocycles. The van der Waals surface area contributed by atoms with E-state index < -0.39 is 9.84 Å². The van der Waals surface area contributed by atoms with Crippen LogP contribution in [0.1, 0.15) is 12.5 Å². The summed E-state index contributed by atoms with van der Waals surface area (Å²) in [5.41, 5.74) is 2.50. The minimum absolute atomic E-state index is 0.0148. The van der Waals surface area contributed by atoms with Crippen molar-refractivity contribution in [2.75, 3.05) is 28.3 Å².